The summed E-state index contributed by atoms with van der Waals surface area (Å²) in [4.78, 5) is 15.3. The van der Waals surface area contributed by atoms with Crippen LogP contribution in [0.4, 0.5) is 0 Å². The Bertz CT molecular complexity index is 199. The zero-order chi connectivity index (χ0) is 8.97. The molecule has 1 heterocycles. The smallest absolute Gasteiger partial charge is 0.194 e. The van der Waals surface area contributed by atoms with Crippen molar-refractivity contribution in [1.29, 1.82) is 0 Å². The fraction of sp³-hybridized carbons (Fsp3) is 0.778. The van der Waals surface area contributed by atoms with Gasteiger partial charge in [-0.3, -0.25) is 9.79 Å². The van der Waals surface area contributed by atoms with E-state index in [4.69, 9.17) is 4.74 Å². The number of ether oxygens (including phenoxy) is 1. The van der Waals surface area contributed by atoms with Gasteiger partial charge in [-0.25, -0.2) is 0 Å². The molecule has 0 spiro atoms. The van der Waals surface area contributed by atoms with Gasteiger partial charge in [0, 0.05) is 6.54 Å². The fourth-order valence-electron chi connectivity index (χ4n) is 1.39. The van der Waals surface area contributed by atoms with Crippen molar-refractivity contribution in [1.82, 2.24) is 0 Å². The second kappa shape index (κ2) is 4.24. The second-order valence-corrected chi connectivity index (χ2v) is 2.96. The molecule has 1 atom stereocenters. The van der Waals surface area contributed by atoms with Gasteiger partial charge in [0.1, 0.15) is 5.78 Å². The van der Waals surface area contributed by atoms with Crippen molar-refractivity contribution in [3.63, 3.8) is 0 Å². The average molecular weight is 169 g/mol. The Morgan fingerprint density at radius 2 is 2.50 bits per heavy atom. The fourth-order valence-corrected chi connectivity index (χ4v) is 1.39. The highest BCUT2D eigenvalue weighted by atomic mass is 16.5. The van der Waals surface area contributed by atoms with E-state index in [-0.39, 0.29) is 11.7 Å². The lowest BCUT2D eigenvalue weighted by molar-refractivity contribution is -0.119. The molecule has 0 amide bonds. The second-order valence-electron chi connectivity index (χ2n) is 2.96. The predicted molar refractivity (Wildman–Crippen MR) is 47.3 cm³/mol. The molecule has 1 rings (SSSR count). The van der Waals surface area contributed by atoms with Gasteiger partial charge in [-0.15, -0.1) is 0 Å². The van der Waals surface area contributed by atoms with Crippen LogP contribution < -0.4 is 0 Å². The first-order valence-electron chi connectivity index (χ1n) is 4.43. The summed E-state index contributed by atoms with van der Waals surface area (Å²) < 4.78 is 5.29. The molecule has 1 aliphatic heterocycles. The number of nitrogens with zero attached hydrogens (tertiary/aromatic N) is 1. The Balaban J connectivity index is 2.64. The standard InChI is InChI=1S/C9H15NO2/c1-3-12-9-8(7(2)11)5-4-6-10-9/h8H,3-6H2,1-2H3. The van der Waals surface area contributed by atoms with Gasteiger partial charge in [0.15, 0.2) is 5.90 Å². The van der Waals surface area contributed by atoms with E-state index in [1.54, 1.807) is 6.92 Å². The minimum Gasteiger partial charge on any atom is -0.481 e. The van der Waals surface area contributed by atoms with Crippen molar-refractivity contribution in [2.75, 3.05) is 13.2 Å². The molecule has 0 aromatic carbocycles. The maximum atomic E-state index is 11.1. The van der Waals surface area contributed by atoms with Crippen LogP contribution in [0.2, 0.25) is 0 Å². The number of carbonyl (C=O) groups excluding carboxylic acids is 1. The normalized spacial score (nSPS) is 23.2. The molecule has 0 saturated carbocycles. The van der Waals surface area contributed by atoms with Crippen molar-refractivity contribution in [2.45, 2.75) is 26.7 Å². The zero-order valence-electron chi connectivity index (χ0n) is 7.67. The predicted octanol–water partition coefficient (Wildman–Crippen LogP) is 1.42. The molecule has 1 unspecified atom stereocenters. The third kappa shape index (κ3) is 2.06. The highest BCUT2D eigenvalue weighted by molar-refractivity contribution is 6.00. The maximum absolute atomic E-state index is 11.1. The van der Waals surface area contributed by atoms with Crippen LogP contribution in [0, 0.1) is 5.92 Å². The highest BCUT2D eigenvalue weighted by Crippen LogP contribution is 2.16. The Labute approximate surface area is 72.8 Å². The van der Waals surface area contributed by atoms with E-state index in [0.717, 1.165) is 19.4 Å². The molecular weight excluding hydrogens is 154 g/mol. The van der Waals surface area contributed by atoms with Crippen molar-refractivity contribution in [3.05, 3.63) is 0 Å². The van der Waals surface area contributed by atoms with Gasteiger partial charge in [0.25, 0.3) is 0 Å². The third-order valence-electron chi connectivity index (χ3n) is 2.00. The minimum absolute atomic E-state index is 0.0706. The first-order valence-corrected chi connectivity index (χ1v) is 4.43. The molecule has 12 heavy (non-hydrogen) atoms. The third-order valence-corrected chi connectivity index (χ3v) is 2.00. The van der Waals surface area contributed by atoms with E-state index in [0.29, 0.717) is 12.5 Å². The van der Waals surface area contributed by atoms with Crippen LogP contribution in [-0.4, -0.2) is 24.8 Å². The number of Topliss-reactive ketones (excluding diaryl/α,β-unsaturated/α-hetero) is 1. The van der Waals surface area contributed by atoms with E-state index in [9.17, 15) is 4.79 Å². The van der Waals surface area contributed by atoms with E-state index in [2.05, 4.69) is 4.99 Å². The number of hydrogen-bond acceptors (Lipinski definition) is 3. The lowest BCUT2D eigenvalue weighted by Gasteiger charge is -2.20. The molecule has 0 aromatic heterocycles. The number of ketones is 1. The zero-order valence-corrected chi connectivity index (χ0v) is 7.67. The first-order chi connectivity index (χ1) is 5.75. The number of hydrogen-bond donors (Lipinski definition) is 0. The van der Waals surface area contributed by atoms with Gasteiger partial charge in [0.05, 0.1) is 12.5 Å². The minimum atomic E-state index is -0.0706. The summed E-state index contributed by atoms with van der Waals surface area (Å²) >= 11 is 0. The molecule has 1 aliphatic rings. The van der Waals surface area contributed by atoms with Crippen molar-refractivity contribution in [2.24, 2.45) is 10.9 Å². The summed E-state index contributed by atoms with van der Waals surface area (Å²) in [5.74, 6) is 0.747. The topological polar surface area (TPSA) is 38.7 Å². The SMILES string of the molecule is CCOC1=NCCCC1C(C)=O. The number of rotatable bonds is 2. The van der Waals surface area contributed by atoms with E-state index < -0.39 is 0 Å². The number of carbonyl (C=O) groups is 1. The molecule has 68 valence electrons. The maximum Gasteiger partial charge on any atom is 0.194 e. The van der Waals surface area contributed by atoms with Gasteiger partial charge in [0.2, 0.25) is 0 Å². The Hall–Kier alpha value is -0.860. The molecule has 0 fully saturated rings. The molecule has 0 aliphatic carbocycles. The molecule has 3 nitrogen and oxygen atoms in total. The monoisotopic (exact) mass is 169 g/mol. The Kier molecular flexibility index (Phi) is 3.26. The van der Waals surface area contributed by atoms with Crippen LogP contribution in [0.15, 0.2) is 4.99 Å². The summed E-state index contributed by atoms with van der Waals surface area (Å²) in [6, 6.07) is 0. The van der Waals surface area contributed by atoms with Gasteiger partial charge in [-0.05, 0) is 26.7 Å². The van der Waals surface area contributed by atoms with Gasteiger partial charge < -0.3 is 4.74 Å². The van der Waals surface area contributed by atoms with E-state index >= 15 is 0 Å². The summed E-state index contributed by atoms with van der Waals surface area (Å²) in [7, 11) is 0. The summed E-state index contributed by atoms with van der Waals surface area (Å²) in [6.45, 7) is 4.92. The Morgan fingerprint density at radius 1 is 1.75 bits per heavy atom. The van der Waals surface area contributed by atoms with Crippen LogP contribution in [0.1, 0.15) is 26.7 Å². The Morgan fingerprint density at radius 3 is 3.08 bits per heavy atom. The van der Waals surface area contributed by atoms with Gasteiger partial charge >= 0.3 is 0 Å². The van der Waals surface area contributed by atoms with Crippen LogP contribution >= 0.6 is 0 Å². The van der Waals surface area contributed by atoms with E-state index in [1.807, 2.05) is 6.92 Å². The van der Waals surface area contributed by atoms with Crippen LogP contribution in [-0.2, 0) is 9.53 Å². The van der Waals surface area contributed by atoms with Crippen LogP contribution in [0.25, 0.3) is 0 Å². The largest absolute Gasteiger partial charge is 0.481 e. The van der Waals surface area contributed by atoms with Gasteiger partial charge in [-0.2, -0.15) is 0 Å². The van der Waals surface area contributed by atoms with Crippen molar-refractivity contribution >= 4 is 11.7 Å². The average Bonchev–Trinajstić information content (AvgIpc) is 2.05. The van der Waals surface area contributed by atoms with Crippen LogP contribution in [0.5, 0.6) is 0 Å². The van der Waals surface area contributed by atoms with Crippen LogP contribution in [0.3, 0.4) is 0 Å². The summed E-state index contributed by atoms with van der Waals surface area (Å²) in [5, 5.41) is 0. The molecule has 3 heteroatoms. The summed E-state index contributed by atoms with van der Waals surface area (Å²) in [5.41, 5.74) is 0. The van der Waals surface area contributed by atoms with E-state index in [1.165, 1.54) is 0 Å². The molecule has 0 saturated heterocycles. The molecule has 0 radical (unpaired) electrons. The highest BCUT2D eigenvalue weighted by Gasteiger charge is 2.24. The van der Waals surface area contributed by atoms with Crippen molar-refractivity contribution in [3.8, 4) is 0 Å². The van der Waals surface area contributed by atoms with Gasteiger partial charge in [-0.1, -0.05) is 0 Å². The lowest BCUT2D eigenvalue weighted by Crippen LogP contribution is -2.28. The molecule has 0 bridgehead atoms. The molecule has 0 aromatic rings. The number of aliphatic imine (C=N–C) groups is 1. The van der Waals surface area contributed by atoms with Crippen molar-refractivity contribution < 1.29 is 9.53 Å². The summed E-state index contributed by atoms with van der Waals surface area (Å²) in [6.07, 6.45) is 1.90. The molecule has 0 N–H and O–H groups in total. The molecular formula is C9H15NO2. The lowest BCUT2D eigenvalue weighted by atomic mass is 9.97. The first kappa shape index (κ1) is 9.23. The quantitative estimate of drug-likeness (QED) is 0.627.